The van der Waals surface area contributed by atoms with Crippen LogP contribution in [0.4, 0.5) is 5.69 Å². The van der Waals surface area contributed by atoms with Gasteiger partial charge in [0.1, 0.15) is 5.75 Å². The highest BCUT2D eigenvalue weighted by atomic mass is 32.2. The Morgan fingerprint density at radius 1 is 1.03 bits per heavy atom. The van der Waals surface area contributed by atoms with Crippen molar-refractivity contribution in [1.82, 2.24) is 4.31 Å². The molecule has 0 bridgehead atoms. The molecule has 0 saturated carbocycles. The molecule has 174 valence electrons. The molecule has 3 atom stereocenters. The van der Waals surface area contributed by atoms with Gasteiger partial charge in [-0.3, -0.25) is 0 Å². The smallest absolute Gasteiger partial charge is 0.243 e. The first-order valence-corrected chi connectivity index (χ1v) is 12.7. The molecule has 0 radical (unpaired) electrons. The number of fused-ring (bicyclic) bond motifs is 3. The van der Waals surface area contributed by atoms with Crippen molar-refractivity contribution < 1.29 is 18.3 Å². The van der Waals surface area contributed by atoms with Crippen molar-refractivity contribution in [2.24, 2.45) is 5.92 Å². The Labute approximate surface area is 200 Å². The van der Waals surface area contributed by atoms with Gasteiger partial charge < -0.3 is 15.2 Å². The number of nitrogens with zero attached hydrogens (tertiary/aromatic N) is 1. The van der Waals surface area contributed by atoms with Gasteiger partial charge in [0.05, 0.1) is 30.7 Å². The van der Waals surface area contributed by atoms with Crippen LogP contribution in [0.25, 0.3) is 0 Å². The van der Waals surface area contributed by atoms with Crippen molar-refractivity contribution in [2.75, 3.05) is 25.6 Å². The summed E-state index contributed by atoms with van der Waals surface area (Å²) in [4.78, 5) is 0.283. The number of ether oxygens (including phenoxy) is 1. The average molecular weight is 475 g/mol. The Kier molecular flexibility index (Phi) is 6.05. The van der Waals surface area contributed by atoms with Gasteiger partial charge >= 0.3 is 0 Å². The van der Waals surface area contributed by atoms with E-state index in [1.807, 2.05) is 42.5 Å². The van der Waals surface area contributed by atoms with E-state index in [4.69, 9.17) is 4.74 Å². The second-order valence-corrected chi connectivity index (χ2v) is 10.4. The molecule has 2 aliphatic heterocycles. The molecule has 3 aromatic rings. The van der Waals surface area contributed by atoms with Crippen molar-refractivity contribution in [3.8, 4) is 17.6 Å². The highest BCUT2D eigenvalue weighted by Crippen LogP contribution is 2.48. The van der Waals surface area contributed by atoms with Gasteiger partial charge in [0.2, 0.25) is 10.0 Å². The van der Waals surface area contributed by atoms with Crippen molar-refractivity contribution in [2.45, 2.75) is 23.4 Å². The lowest BCUT2D eigenvalue weighted by Crippen LogP contribution is -2.42. The van der Waals surface area contributed by atoms with Gasteiger partial charge in [-0.05, 0) is 60.5 Å². The zero-order chi connectivity index (χ0) is 23.7. The molecule has 1 fully saturated rings. The Morgan fingerprint density at radius 2 is 1.79 bits per heavy atom. The third-order valence-corrected chi connectivity index (χ3v) is 8.49. The molecule has 0 amide bonds. The van der Waals surface area contributed by atoms with Crippen LogP contribution >= 0.6 is 0 Å². The number of sulfonamides is 1. The lowest BCUT2D eigenvalue weighted by atomic mass is 9.83. The molecule has 6 nitrogen and oxygen atoms in total. The van der Waals surface area contributed by atoms with Crippen LogP contribution in [0, 0.1) is 17.8 Å². The predicted octanol–water partition coefficient (Wildman–Crippen LogP) is 3.63. The number of aliphatic hydroxyl groups excluding tert-OH is 1. The minimum absolute atomic E-state index is 0.0300. The molecule has 0 aromatic heterocycles. The highest BCUT2D eigenvalue weighted by molar-refractivity contribution is 7.89. The summed E-state index contributed by atoms with van der Waals surface area (Å²) in [5.74, 6) is 7.08. The van der Waals surface area contributed by atoms with Crippen LogP contribution < -0.4 is 10.1 Å². The minimum atomic E-state index is -3.69. The van der Waals surface area contributed by atoms with Gasteiger partial charge in [-0.1, -0.05) is 36.1 Å². The van der Waals surface area contributed by atoms with E-state index in [-0.39, 0.29) is 29.5 Å². The maximum Gasteiger partial charge on any atom is 0.243 e. The maximum absolute atomic E-state index is 13.6. The number of rotatable bonds is 4. The Hall–Kier alpha value is -3.31. The highest BCUT2D eigenvalue weighted by Gasteiger charge is 2.48. The quantitative estimate of drug-likeness (QED) is 0.565. The number of methoxy groups -OCH3 is 1. The number of aliphatic hydroxyl groups is 1. The topological polar surface area (TPSA) is 78.9 Å². The molecule has 2 heterocycles. The number of anilines is 1. The van der Waals surface area contributed by atoms with Gasteiger partial charge in [-0.2, -0.15) is 4.31 Å². The summed E-state index contributed by atoms with van der Waals surface area (Å²) in [5, 5.41) is 13.4. The summed E-state index contributed by atoms with van der Waals surface area (Å²) >= 11 is 0. The molecule has 0 spiro atoms. The van der Waals surface area contributed by atoms with Crippen LogP contribution in [0.5, 0.6) is 5.75 Å². The second-order valence-electron chi connectivity index (χ2n) is 8.54. The molecule has 2 aliphatic rings. The number of hydrogen-bond acceptors (Lipinski definition) is 5. The monoisotopic (exact) mass is 474 g/mol. The van der Waals surface area contributed by atoms with Gasteiger partial charge in [0, 0.05) is 29.3 Å². The van der Waals surface area contributed by atoms with E-state index in [1.54, 1.807) is 41.7 Å². The molecule has 2 N–H and O–H groups in total. The van der Waals surface area contributed by atoms with Crippen molar-refractivity contribution in [3.63, 3.8) is 0 Å². The fourth-order valence-corrected chi connectivity index (χ4v) is 6.63. The Balaban J connectivity index is 1.54. The van der Waals surface area contributed by atoms with E-state index in [2.05, 4.69) is 17.2 Å². The minimum Gasteiger partial charge on any atom is -0.497 e. The lowest BCUT2D eigenvalue weighted by molar-refractivity contribution is 0.210. The van der Waals surface area contributed by atoms with Gasteiger partial charge in [0.15, 0.2) is 0 Å². The second kappa shape index (κ2) is 9.15. The molecule has 5 rings (SSSR count). The summed E-state index contributed by atoms with van der Waals surface area (Å²) in [7, 11) is -2.06. The fraction of sp³-hybridized carbons (Fsp3) is 0.259. The summed E-state index contributed by atoms with van der Waals surface area (Å²) in [6.45, 7) is 0.348. The third kappa shape index (κ3) is 4.05. The van der Waals surface area contributed by atoms with Crippen LogP contribution in [0.2, 0.25) is 0 Å². The molecule has 1 saturated heterocycles. The standard InChI is InChI=1S/C27H26N2O4S/c1-33-21-7-5-6-19(16-21)10-11-20-12-13-25-24(17-20)27-23(26(18-30)28-25)14-15-29(27)34(31,32)22-8-3-2-4-9-22/h2-9,12-13,16-17,23,26-28,30H,14-15,18H2,1H3/t23-,26+,27-/m0/s1. The summed E-state index contributed by atoms with van der Waals surface area (Å²) < 4.78 is 34.0. The molecular weight excluding hydrogens is 448 g/mol. The Bertz CT molecular complexity index is 1360. The number of benzene rings is 3. The first-order chi connectivity index (χ1) is 16.5. The van der Waals surface area contributed by atoms with E-state index in [0.717, 1.165) is 28.1 Å². The van der Waals surface area contributed by atoms with E-state index in [1.165, 1.54) is 0 Å². The molecular formula is C27H26N2O4S. The largest absolute Gasteiger partial charge is 0.497 e. The average Bonchev–Trinajstić information content (AvgIpc) is 3.34. The molecule has 0 unspecified atom stereocenters. The maximum atomic E-state index is 13.6. The zero-order valence-electron chi connectivity index (χ0n) is 18.8. The van der Waals surface area contributed by atoms with Crippen molar-refractivity contribution in [3.05, 3.63) is 89.5 Å². The molecule has 34 heavy (non-hydrogen) atoms. The predicted molar refractivity (Wildman–Crippen MR) is 131 cm³/mol. The van der Waals surface area contributed by atoms with Crippen LogP contribution in [0.15, 0.2) is 77.7 Å². The van der Waals surface area contributed by atoms with Crippen LogP contribution in [-0.4, -0.2) is 44.1 Å². The van der Waals surface area contributed by atoms with Crippen LogP contribution in [-0.2, 0) is 10.0 Å². The first kappa shape index (κ1) is 22.5. The zero-order valence-corrected chi connectivity index (χ0v) is 19.6. The van der Waals surface area contributed by atoms with Crippen LogP contribution in [0.3, 0.4) is 0 Å². The van der Waals surface area contributed by atoms with Crippen LogP contribution in [0.1, 0.15) is 29.2 Å². The lowest BCUT2D eigenvalue weighted by Gasteiger charge is -2.38. The van der Waals surface area contributed by atoms with E-state index in [9.17, 15) is 13.5 Å². The van der Waals surface area contributed by atoms with E-state index in [0.29, 0.717) is 13.0 Å². The van der Waals surface area contributed by atoms with Gasteiger partial charge in [-0.15, -0.1) is 0 Å². The normalized spacial score (nSPS) is 21.5. The summed E-state index contributed by atoms with van der Waals surface area (Å²) in [5.41, 5.74) is 3.36. The Morgan fingerprint density at radius 3 is 2.53 bits per heavy atom. The number of nitrogens with one attached hydrogen (secondary N) is 1. The first-order valence-electron chi connectivity index (χ1n) is 11.3. The fourth-order valence-electron chi connectivity index (χ4n) is 4.94. The third-order valence-electron chi connectivity index (χ3n) is 6.59. The van der Waals surface area contributed by atoms with Gasteiger partial charge in [-0.25, -0.2) is 8.42 Å². The van der Waals surface area contributed by atoms with Crippen molar-refractivity contribution >= 4 is 15.7 Å². The number of hydrogen-bond donors (Lipinski definition) is 2. The van der Waals surface area contributed by atoms with Gasteiger partial charge in [0.25, 0.3) is 0 Å². The van der Waals surface area contributed by atoms with Crippen molar-refractivity contribution in [1.29, 1.82) is 0 Å². The SMILES string of the molecule is COc1cccc(C#Cc2ccc3c(c2)[C@@H]2[C@@H](CCN2S(=O)(=O)c2ccccc2)[C@@H](CO)N3)c1. The molecule has 0 aliphatic carbocycles. The molecule has 7 heteroatoms. The van der Waals surface area contributed by atoms with E-state index >= 15 is 0 Å². The summed E-state index contributed by atoms with van der Waals surface area (Å²) in [6, 6.07) is 21.3. The molecule has 3 aromatic carbocycles. The summed E-state index contributed by atoms with van der Waals surface area (Å²) in [6.07, 6.45) is 0.675. The van der Waals surface area contributed by atoms with E-state index < -0.39 is 10.0 Å².